The Labute approximate surface area is 75.4 Å². The van der Waals surface area contributed by atoms with E-state index in [0.717, 1.165) is 5.06 Å². The Bertz CT molecular complexity index is 197. The first-order valence-electron chi connectivity index (χ1n) is 3.55. The summed E-state index contributed by atoms with van der Waals surface area (Å²) in [5, 5.41) is 4.02. The van der Waals surface area contributed by atoms with Crippen LogP contribution in [0, 0.1) is 0 Å². The van der Waals surface area contributed by atoms with Crippen molar-refractivity contribution >= 4 is 18.2 Å². The van der Waals surface area contributed by atoms with E-state index in [0.29, 0.717) is 0 Å². The second kappa shape index (κ2) is 3.21. The lowest BCUT2D eigenvalue weighted by Gasteiger charge is -2.50. The average molecular weight is 192 g/mol. The molecule has 1 atom stereocenters. The first-order chi connectivity index (χ1) is 5.55. The van der Waals surface area contributed by atoms with Crippen LogP contribution in [-0.4, -0.2) is 34.2 Å². The molecule has 1 fully saturated rings. The zero-order valence-corrected chi connectivity index (χ0v) is 8.01. The van der Waals surface area contributed by atoms with Crippen LogP contribution < -0.4 is 5.32 Å². The standard InChI is InChI=1S/C6H12N2O3S/c1-6(2)4(7-3)5(9)8(6)11-12-10/h4,7,10H,1-3H3. The van der Waals surface area contributed by atoms with Crippen molar-refractivity contribution in [3.05, 3.63) is 0 Å². The molecule has 12 heavy (non-hydrogen) atoms. The van der Waals surface area contributed by atoms with E-state index in [1.54, 1.807) is 7.05 Å². The number of likely N-dealkylation sites (N-methyl/N-ethyl adjacent to an activating group) is 1. The second-order valence-electron chi connectivity index (χ2n) is 3.16. The van der Waals surface area contributed by atoms with Gasteiger partial charge in [0.25, 0.3) is 5.91 Å². The lowest BCUT2D eigenvalue weighted by Crippen LogP contribution is -2.74. The fraction of sp³-hybridized carbons (Fsp3) is 0.833. The summed E-state index contributed by atoms with van der Waals surface area (Å²) in [6.45, 7) is 3.71. The van der Waals surface area contributed by atoms with Crippen molar-refractivity contribution < 1.29 is 13.6 Å². The van der Waals surface area contributed by atoms with Gasteiger partial charge in [-0.3, -0.25) is 4.79 Å². The van der Waals surface area contributed by atoms with Gasteiger partial charge in [0, 0.05) is 0 Å². The van der Waals surface area contributed by atoms with Crippen LogP contribution in [0.5, 0.6) is 0 Å². The Kier molecular flexibility index (Phi) is 2.62. The van der Waals surface area contributed by atoms with Gasteiger partial charge in [0.2, 0.25) is 0 Å². The van der Waals surface area contributed by atoms with Crippen molar-refractivity contribution in [2.75, 3.05) is 7.05 Å². The molecule has 70 valence electrons. The number of nitrogens with one attached hydrogen (secondary N) is 1. The van der Waals surface area contributed by atoms with Crippen molar-refractivity contribution in [3.63, 3.8) is 0 Å². The molecule has 0 aliphatic carbocycles. The molecule has 1 aliphatic heterocycles. The minimum atomic E-state index is -0.401. The number of carbonyl (C=O) groups is 1. The van der Waals surface area contributed by atoms with E-state index < -0.39 is 5.54 Å². The lowest BCUT2D eigenvalue weighted by atomic mass is 9.85. The Balaban J connectivity index is 2.63. The number of hydroxylamine groups is 2. The molecule has 1 aliphatic rings. The number of carbonyl (C=O) groups excluding carboxylic acids is 1. The molecule has 1 rings (SSSR count). The fourth-order valence-electron chi connectivity index (χ4n) is 1.40. The lowest BCUT2D eigenvalue weighted by molar-refractivity contribution is -0.213. The van der Waals surface area contributed by atoms with Gasteiger partial charge in [0.1, 0.15) is 6.04 Å². The summed E-state index contributed by atoms with van der Waals surface area (Å²) in [6, 6.07) is -0.232. The summed E-state index contributed by atoms with van der Waals surface area (Å²) in [7, 11) is 1.72. The van der Waals surface area contributed by atoms with Gasteiger partial charge in [0.15, 0.2) is 12.3 Å². The maximum absolute atomic E-state index is 11.2. The van der Waals surface area contributed by atoms with Crippen molar-refractivity contribution in [3.8, 4) is 0 Å². The third kappa shape index (κ3) is 1.20. The molecule has 0 aromatic heterocycles. The molecule has 5 nitrogen and oxygen atoms in total. The molecule has 1 heterocycles. The Hall–Kier alpha value is -0.300. The molecule has 2 N–H and O–H groups in total. The summed E-state index contributed by atoms with van der Waals surface area (Å²) in [5.74, 6) is -0.163. The minimum absolute atomic E-state index is 0.163. The summed E-state index contributed by atoms with van der Waals surface area (Å²) < 4.78 is 13.0. The fourth-order valence-corrected chi connectivity index (χ4v) is 1.73. The molecule has 0 radical (unpaired) electrons. The van der Waals surface area contributed by atoms with E-state index in [1.807, 2.05) is 13.8 Å². The third-order valence-electron chi connectivity index (χ3n) is 2.07. The Morgan fingerprint density at radius 3 is 2.67 bits per heavy atom. The predicted octanol–water partition coefficient (Wildman–Crippen LogP) is 0.248. The van der Waals surface area contributed by atoms with E-state index in [4.69, 9.17) is 4.55 Å². The highest BCUT2D eigenvalue weighted by Gasteiger charge is 2.55. The highest BCUT2D eigenvalue weighted by atomic mass is 32.2. The Morgan fingerprint density at radius 2 is 2.33 bits per heavy atom. The van der Waals surface area contributed by atoms with Crippen LogP contribution in [0.1, 0.15) is 13.8 Å². The molecule has 6 heteroatoms. The summed E-state index contributed by atoms with van der Waals surface area (Å²) in [6.07, 6.45) is 0. The van der Waals surface area contributed by atoms with Crippen molar-refractivity contribution in [2.24, 2.45) is 0 Å². The van der Waals surface area contributed by atoms with E-state index in [9.17, 15) is 4.79 Å². The number of rotatable bonds is 3. The number of hydrogen-bond acceptors (Lipinski definition) is 5. The quantitative estimate of drug-likeness (QED) is 0.495. The van der Waals surface area contributed by atoms with Crippen LogP contribution in [0.25, 0.3) is 0 Å². The molecule has 0 aromatic rings. The van der Waals surface area contributed by atoms with E-state index >= 15 is 0 Å². The summed E-state index contributed by atoms with van der Waals surface area (Å²) in [5.41, 5.74) is -0.401. The summed E-state index contributed by atoms with van der Waals surface area (Å²) >= 11 is 0.181. The molecular formula is C6H12N2O3S. The molecule has 0 saturated carbocycles. The smallest absolute Gasteiger partial charge is 0.267 e. The number of nitrogens with zero attached hydrogens (tertiary/aromatic N) is 1. The first kappa shape index (κ1) is 9.79. The highest BCUT2D eigenvalue weighted by molar-refractivity contribution is 7.88. The van der Waals surface area contributed by atoms with Crippen molar-refractivity contribution in [1.29, 1.82) is 0 Å². The molecule has 0 bridgehead atoms. The monoisotopic (exact) mass is 192 g/mol. The van der Waals surface area contributed by atoms with Gasteiger partial charge < -0.3 is 9.87 Å². The zero-order chi connectivity index (χ0) is 9.35. The molecular weight excluding hydrogens is 180 g/mol. The number of β-lactam (4-membered cyclic amide) rings is 1. The number of amides is 1. The maximum atomic E-state index is 11.2. The van der Waals surface area contributed by atoms with Gasteiger partial charge in [-0.2, -0.15) is 9.35 Å². The predicted molar refractivity (Wildman–Crippen MR) is 45.1 cm³/mol. The second-order valence-corrected chi connectivity index (χ2v) is 3.46. The van der Waals surface area contributed by atoms with Gasteiger partial charge >= 0.3 is 0 Å². The molecule has 1 unspecified atom stereocenters. The van der Waals surface area contributed by atoms with Crippen molar-refractivity contribution in [2.45, 2.75) is 25.4 Å². The normalized spacial score (nSPS) is 27.2. The van der Waals surface area contributed by atoms with Crippen LogP contribution in [0.3, 0.4) is 0 Å². The van der Waals surface area contributed by atoms with Crippen LogP contribution >= 0.6 is 12.3 Å². The van der Waals surface area contributed by atoms with Gasteiger partial charge in [0.05, 0.1) is 5.54 Å². The van der Waals surface area contributed by atoms with Crippen LogP contribution in [0.15, 0.2) is 0 Å². The van der Waals surface area contributed by atoms with E-state index in [2.05, 4.69) is 9.60 Å². The topological polar surface area (TPSA) is 61.8 Å². The van der Waals surface area contributed by atoms with E-state index in [1.165, 1.54) is 0 Å². The van der Waals surface area contributed by atoms with E-state index in [-0.39, 0.29) is 24.3 Å². The largest absolute Gasteiger partial charge is 0.307 e. The molecule has 0 spiro atoms. The average Bonchev–Trinajstić information content (AvgIpc) is 2.00. The van der Waals surface area contributed by atoms with Crippen LogP contribution in [0.2, 0.25) is 0 Å². The number of hydrogen-bond donors (Lipinski definition) is 2. The van der Waals surface area contributed by atoms with Gasteiger partial charge in [-0.25, -0.2) is 0 Å². The van der Waals surface area contributed by atoms with Gasteiger partial charge in [-0.15, -0.1) is 0 Å². The Morgan fingerprint density at radius 1 is 1.75 bits per heavy atom. The zero-order valence-electron chi connectivity index (χ0n) is 7.20. The molecule has 0 aromatic carbocycles. The van der Waals surface area contributed by atoms with Crippen LogP contribution in [-0.2, 0) is 9.08 Å². The minimum Gasteiger partial charge on any atom is -0.307 e. The highest BCUT2D eigenvalue weighted by Crippen LogP contribution is 2.33. The van der Waals surface area contributed by atoms with Crippen LogP contribution in [0.4, 0.5) is 0 Å². The first-order valence-corrected chi connectivity index (χ1v) is 4.25. The third-order valence-corrected chi connectivity index (χ3v) is 2.29. The summed E-state index contributed by atoms with van der Waals surface area (Å²) in [4.78, 5) is 11.2. The molecule has 1 amide bonds. The maximum Gasteiger partial charge on any atom is 0.267 e. The van der Waals surface area contributed by atoms with Crippen molar-refractivity contribution in [1.82, 2.24) is 10.4 Å². The molecule has 1 saturated heterocycles. The van der Waals surface area contributed by atoms with Gasteiger partial charge in [-0.05, 0) is 20.9 Å². The SMILES string of the molecule is CNC1C(=O)N(OSO)C1(C)C. The van der Waals surface area contributed by atoms with Gasteiger partial charge in [-0.1, -0.05) is 0 Å².